The molecule has 1 saturated carbocycles. The van der Waals surface area contributed by atoms with Crippen LogP contribution in [0.4, 0.5) is 4.39 Å². The molecule has 1 aliphatic carbocycles. The number of halogens is 1. The molecule has 2 amide bonds. The van der Waals surface area contributed by atoms with E-state index in [2.05, 4.69) is 15.2 Å². The van der Waals surface area contributed by atoms with Gasteiger partial charge in [0, 0.05) is 44.5 Å². The lowest BCUT2D eigenvalue weighted by Gasteiger charge is -2.32. The summed E-state index contributed by atoms with van der Waals surface area (Å²) in [7, 11) is 0. The van der Waals surface area contributed by atoms with Crippen molar-refractivity contribution < 1.29 is 14.0 Å². The molecule has 1 N–H and O–H groups in total. The standard InChI is InChI=1S/C24H30FN5O2/c25-20-4-2-1-3-19(20)15-28-9-7-17(8-10-28)13-26-23(31)21-16-29-11-12-30(14-18-5-6-18)24(32)22(29)27-21/h1-4,16-18H,5-15H2,(H,26,31). The summed E-state index contributed by atoms with van der Waals surface area (Å²) in [5.74, 6) is 0.971. The van der Waals surface area contributed by atoms with Gasteiger partial charge < -0.3 is 14.8 Å². The highest BCUT2D eigenvalue weighted by molar-refractivity contribution is 5.96. The zero-order valence-corrected chi connectivity index (χ0v) is 18.3. The number of imidazole rings is 1. The number of rotatable bonds is 7. The molecule has 1 saturated heterocycles. The first-order chi connectivity index (χ1) is 15.6. The fourth-order valence-electron chi connectivity index (χ4n) is 4.67. The summed E-state index contributed by atoms with van der Waals surface area (Å²) in [4.78, 5) is 33.8. The third-order valence-electron chi connectivity index (χ3n) is 6.88. The van der Waals surface area contributed by atoms with E-state index in [-0.39, 0.29) is 17.6 Å². The number of aromatic nitrogens is 2. The van der Waals surface area contributed by atoms with E-state index < -0.39 is 0 Å². The minimum Gasteiger partial charge on any atom is -0.350 e. The summed E-state index contributed by atoms with van der Waals surface area (Å²) in [5.41, 5.74) is 1.05. The van der Waals surface area contributed by atoms with E-state index in [4.69, 9.17) is 0 Å². The number of benzene rings is 1. The Bertz CT molecular complexity index is 994. The van der Waals surface area contributed by atoms with Gasteiger partial charge in [0.05, 0.1) is 0 Å². The van der Waals surface area contributed by atoms with Crippen molar-refractivity contribution in [3.05, 3.63) is 53.4 Å². The third-order valence-corrected chi connectivity index (χ3v) is 6.88. The number of hydrogen-bond donors (Lipinski definition) is 1. The number of hydrogen-bond acceptors (Lipinski definition) is 4. The van der Waals surface area contributed by atoms with Gasteiger partial charge in [0.25, 0.3) is 11.8 Å². The maximum absolute atomic E-state index is 13.9. The summed E-state index contributed by atoms with van der Waals surface area (Å²) >= 11 is 0. The molecule has 2 fully saturated rings. The van der Waals surface area contributed by atoms with Gasteiger partial charge in [-0.2, -0.15) is 0 Å². The van der Waals surface area contributed by atoms with Gasteiger partial charge >= 0.3 is 0 Å². The molecule has 8 heteroatoms. The molecule has 0 atom stereocenters. The topological polar surface area (TPSA) is 70.5 Å². The molecule has 32 heavy (non-hydrogen) atoms. The van der Waals surface area contributed by atoms with Gasteiger partial charge in [0.15, 0.2) is 5.82 Å². The van der Waals surface area contributed by atoms with Gasteiger partial charge in [-0.3, -0.25) is 14.5 Å². The van der Waals surface area contributed by atoms with E-state index in [1.54, 1.807) is 12.3 Å². The first-order valence-electron chi connectivity index (χ1n) is 11.7. The van der Waals surface area contributed by atoms with Gasteiger partial charge in [0.2, 0.25) is 0 Å². The fourth-order valence-corrected chi connectivity index (χ4v) is 4.67. The Morgan fingerprint density at radius 3 is 2.59 bits per heavy atom. The Hall–Kier alpha value is -2.74. The Balaban J connectivity index is 1.10. The lowest BCUT2D eigenvalue weighted by atomic mass is 9.96. The highest BCUT2D eigenvalue weighted by atomic mass is 19.1. The van der Waals surface area contributed by atoms with Crippen LogP contribution in [0.2, 0.25) is 0 Å². The molecule has 7 nitrogen and oxygen atoms in total. The monoisotopic (exact) mass is 439 g/mol. The summed E-state index contributed by atoms with van der Waals surface area (Å²) in [6.45, 7) is 5.18. The highest BCUT2D eigenvalue weighted by Gasteiger charge is 2.32. The number of nitrogens with zero attached hydrogens (tertiary/aromatic N) is 4. The Labute approximate surface area is 187 Å². The molecule has 3 heterocycles. The highest BCUT2D eigenvalue weighted by Crippen LogP contribution is 2.30. The quantitative estimate of drug-likeness (QED) is 0.720. The van der Waals surface area contributed by atoms with Crippen LogP contribution in [-0.2, 0) is 13.1 Å². The second-order valence-electron chi connectivity index (χ2n) is 9.36. The Kier molecular flexibility index (Phi) is 5.95. The molecule has 1 aromatic carbocycles. The van der Waals surface area contributed by atoms with Crippen LogP contribution in [0.1, 0.15) is 52.4 Å². The third kappa shape index (κ3) is 4.70. The summed E-state index contributed by atoms with van der Waals surface area (Å²) < 4.78 is 15.7. The second kappa shape index (κ2) is 9.02. The van der Waals surface area contributed by atoms with Crippen LogP contribution < -0.4 is 5.32 Å². The zero-order valence-electron chi connectivity index (χ0n) is 18.3. The molecular formula is C24H30FN5O2. The molecule has 5 rings (SSSR count). The van der Waals surface area contributed by atoms with E-state index in [1.165, 1.54) is 18.9 Å². The summed E-state index contributed by atoms with van der Waals surface area (Å²) in [6.07, 6.45) is 6.03. The van der Waals surface area contributed by atoms with E-state index in [0.29, 0.717) is 49.5 Å². The minimum atomic E-state index is -0.220. The van der Waals surface area contributed by atoms with Gasteiger partial charge in [-0.1, -0.05) is 18.2 Å². The van der Waals surface area contributed by atoms with E-state index >= 15 is 0 Å². The normalized spacial score (nSPS) is 19.8. The van der Waals surface area contributed by atoms with Crippen LogP contribution in [0, 0.1) is 17.7 Å². The molecule has 3 aliphatic rings. The first kappa shape index (κ1) is 21.1. The van der Waals surface area contributed by atoms with Gasteiger partial charge in [-0.25, -0.2) is 9.37 Å². The number of likely N-dealkylation sites (tertiary alicyclic amines) is 1. The number of nitrogens with one attached hydrogen (secondary N) is 1. The molecule has 2 aliphatic heterocycles. The Morgan fingerprint density at radius 1 is 1.06 bits per heavy atom. The predicted octanol–water partition coefficient (Wildman–Crippen LogP) is 2.53. The van der Waals surface area contributed by atoms with Crippen molar-refractivity contribution in [3.63, 3.8) is 0 Å². The van der Waals surface area contributed by atoms with Crippen LogP contribution in [-0.4, -0.2) is 63.9 Å². The lowest BCUT2D eigenvalue weighted by molar-refractivity contribution is 0.0688. The van der Waals surface area contributed by atoms with Gasteiger partial charge in [0.1, 0.15) is 11.5 Å². The van der Waals surface area contributed by atoms with Crippen molar-refractivity contribution in [2.45, 2.75) is 38.8 Å². The SMILES string of the molecule is O=C(NCC1CCN(Cc2ccccc2F)CC1)c1cn2c(n1)C(=O)N(CC1CC1)CC2. The van der Waals surface area contributed by atoms with Crippen molar-refractivity contribution in [3.8, 4) is 0 Å². The van der Waals surface area contributed by atoms with Crippen molar-refractivity contribution in [2.75, 3.05) is 32.7 Å². The number of fused-ring (bicyclic) bond motifs is 1. The molecule has 0 bridgehead atoms. The van der Waals surface area contributed by atoms with Crippen LogP contribution >= 0.6 is 0 Å². The molecule has 1 aromatic heterocycles. The number of amides is 2. The van der Waals surface area contributed by atoms with E-state index in [0.717, 1.165) is 38.0 Å². The first-order valence-corrected chi connectivity index (χ1v) is 11.7. The number of carbonyl (C=O) groups is 2. The van der Waals surface area contributed by atoms with Crippen molar-refractivity contribution in [1.82, 2.24) is 24.7 Å². The average Bonchev–Trinajstić information content (AvgIpc) is 3.51. The maximum Gasteiger partial charge on any atom is 0.289 e. The average molecular weight is 440 g/mol. The molecule has 0 spiro atoms. The minimum absolute atomic E-state index is 0.0653. The predicted molar refractivity (Wildman–Crippen MR) is 118 cm³/mol. The van der Waals surface area contributed by atoms with E-state index in [1.807, 2.05) is 21.6 Å². The van der Waals surface area contributed by atoms with Crippen LogP contribution in [0.5, 0.6) is 0 Å². The van der Waals surface area contributed by atoms with Gasteiger partial charge in [-0.05, 0) is 56.7 Å². The van der Waals surface area contributed by atoms with Crippen molar-refractivity contribution in [1.29, 1.82) is 0 Å². The van der Waals surface area contributed by atoms with Crippen LogP contribution in [0.15, 0.2) is 30.5 Å². The summed E-state index contributed by atoms with van der Waals surface area (Å²) in [6, 6.07) is 6.92. The van der Waals surface area contributed by atoms with E-state index in [9.17, 15) is 14.0 Å². The molecule has 2 aromatic rings. The smallest absolute Gasteiger partial charge is 0.289 e. The zero-order chi connectivity index (χ0) is 22.1. The molecular weight excluding hydrogens is 409 g/mol. The fraction of sp³-hybridized carbons (Fsp3) is 0.542. The molecule has 170 valence electrons. The van der Waals surface area contributed by atoms with Crippen molar-refractivity contribution in [2.24, 2.45) is 11.8 Å². The maximum atomic E-state index is 13.9. The largest absolute Gasteiger partial charge is 0.350 e. The number of piperidine rings is 1. The number of carbonyl (C=O) groups excluding carboxylic acids is 2. The summed E-state index contributed by atoms with van der Waals surface area (Å²) in [5, 5.41) is 3.00. The van der Waals surface area contributed by atoms with Crippen molar-refractivity contribution >= 4 is 11.8 Å². The van der Waals surface area contributed by atoms with Crippen LogP contribution in [0.25, 0.3) is 0 Å². The van der Waals surface area contributed by atoms with Gasteiger partial charge in [-0.15, -0.1) is 0 Å². The molecule has 0 radical (unpaired) electrons. The Morgan fingerprint density at radius 2 is 1.84 bits per heavy atom. The lowest BCUT2D eigenvalue weighted by Crippen LogP contribution is -2.41. The molecule has 0 unspecified atom stereocenters. The van der Waals surface area contributed by atoms with Crippen LogP contribution in [0.3, 0.4) is 0 Å². The second-order valence-corrected chi connectivity index (χ2v) is 9.36.